The fourth-order valence-corrected chi connectivity index (χ4v) is 3.31. The van der Waals surface area contributed by atoms with Crippen molar-refractivity contribution in [2.75, 3.05) is 22.5 Å². The molecule has 1 aromatic heterocycles. The highest BCUT2D eigenvalue weighted by Gasteiger charge is 2.26. The van der Waals surface area contributed by atoms with Crippen molar-refractivity contribution in [3.8, 4) is 0 Å². The van der Waals surface area contributed by atoms with Crippen LogP contribution < -0.4 is 16.0 Å². The quantitative estimate of drug-likeness (QED) is 0.832. The molecule has 3 N–H and O–H groups in total. The van der Waals surface area contributed by atoms with Gasteiger partial charge in [-0.3, -0.25) is 9.59 Å². The fraction of sp³-hybridized carbons (Fsp3) is 0.267. The molecule has 0 unspecified atom stereocenters. The number of nitrogens with zero attached hydrogens (tertiary/aromatic N) is 2. The van der Waals surface area contributed by atoms with Crippen molar-refractivity contribution in [2.45, 2.75) is 19.8 Å². The molecule has 0 radical (unpaired) electrons. The van der Waals surface area contributed by atoms with E-state index in [9.17, 15) is 9.59 Å². The summed E-state index contributed by atoms with van der Waals surface area (Å²) in [6.45, 7) is 2.05. The van der Waals surface area contributed by atoms with E-state index in [1.165, 1.54) is 18.3 Å². The van der Waals surface area contributed by atoms with Gasteiger partial charge in [-0.1, -0.05) is 6.07 Å². The maximum atomic E-state index is 12.7. The van der Waals surface area contributed by atoms with Crippen molar-refractivity contribution in [3.05, 3.63) is 34.8 Å². The lowest BCUT2D eigenvalue weighted by Gasteiger charge is -2.29. The number of hydrogen-bond acceptors (Lipinski definition) is 5. The van der Waals surface area contributed by atoms with Crippen LogP contribution in [0.2, 0.25) is 0 Å². The summed E-state index contributed by atoms with van der Waals surface area (Å²) in [5.74, 6) is -0.371. The first kappa shape index (κ1) is 14.5. The number of fused-ring (bicyclic) bond motifs is 1. The Kier molecular flexibility index (Phi) is 3.81. The Morgan fingerprint density at radius 3 is 3.00 bits per heavy atom. The Labute approximate surface area is 132 Å². The van der Waals surface area contributed by atoms with Gasteiger partial charge < -0.3 is 16.0 Å². The highest BCUT2D eigenvalue weighted by molar-refractivity contribution is 7.14. The smallest absolute Gasteiger partial charge is 0.277 e. The maximum Gasteiger partial charge on any atom is 0.277 e. The van der Waals surface area contributed by atoms with Crippen molar-refractivity contribution >= 4 is 39.7 Å². The van der Waals surface area contributed by atoms with E-state index in [1.54, 1.807) is 10.3 Å². The zero-order valence-corrected chi connectivity index (χ0v) is 12.9. The number of carbonyl (C=O) groups is 2. The van der Waals surface area contributed by atoms with Crippen molar-refractivity contribution in [3.63, 3.8) is 0 Å². The molecule has 114 valence electrons. The summed E-state index contributed by atoms with van der Waals surface area (Å²) < 4.78 is 0. The zero-order valence-electron chi connectivity index (χ0n) is 12.1. The van der Waals surface area contributed by atoms with Gasteiger partial charge in [0.2, 0.25) is 5.91 Å². The van der Waals surface area contributed by atoms with Crippen LogP contribution in [0.25, 0.3) is 0 Å². The predicted molar refractivity (Wildman–Crippen MR) is 87.3 cm³/mol. The normalized spacial score (nSPS) is 13.6. The zero-order chi connectivity index (χ0) is 15.7. The number of hydrogen-bond donors (Lipinski definition) is 2. The number of nitrogens with two attached hydrogens (primary N) is 1. The SMILES string of the molecule is CC(=O)Nc1nc(C(=O)N2CCCc3c(N)cccc32)cs1. The van der Waals surface area contributed by atoms with Crippen LogP contribution in [0.4, 0.5) is 16.5 Å². The summed E-state index contributed by atoms with van der Waals surface area (Å²) in [7, 11) is 0. The molecule has 2 aromatic rings. The van der Waals surface area contributed by atoms with Gasteiger partial charge in [-0.15, -0.1) is 11.3 Å². The lowest BCUT2D eigenvalue weighted by molar-refractivity contribution is -0.114. The van der Waals surface area contributed by atoms with Crippen molar-refractivity contribution < 1.29 is 9.59 Å². The molecule has 2 heterocycles. The monoisotopic (exact) mass is 316 g/mol. The number of thiazole rings is 1. The standard InChI is InChI=1S/C15H16N4O2S/c1-9(20)17-15-18-12(8-22-15)14(21)19-7-3-4-10-11(16)5-2-6-13(10)19/h2,5-6,8H,3-4,7,16H2,1H3,(H,17,18,20). The molecule has 3 rings (SSSR count). The lowest BCUT2D eigenvalue weighted by Crippen LogP contribution is -2.36. The van der Waals surface area contributed by atoms with Gasteiger partial charge in [-0.2, -0.15) is 0 Å². The molecule has 1 aliphatic heterocycles. The topological polar surface area (TPSA) is 88.3 Å². The maximum absolute atomic E-state index is 12.7. The van der Waals surface area contributed by atoms with Gasteiger partial charge in [0.1, 0.15) is 5.69 Å². The summed E-state index contributed by atoms with van der Waals surface area (Å²) >= 11 is 1.24. The van der Waals surface area contributed by atoms with Crippen LogP contribution in [0.3, 0.4) is 0 Å². The van der Waals surface area contributed by atoms with E-state index in [4.69, 9.17) is 5.73 Å². The van der Waals surface area contributed by atoms with Gasteiger partial charge in [-0.25, -0.2) is 4.98 Å². The Balaban J connectivity index is 1.89. The number of carbonyl (C=O) groups excluding carboxylic acids is 2. The first-order chi connectivity index (χ1) is 10.6. The average molecular weight is 316 g/mol. The molecule has 0 bridgehead atoms. The molecular formula is C15H16N4O2S. The molecule has 2 amide bonds. The first-order valence-electron chi connectivity index (χ1n) is 6.98. The fourth-order valence-electron chi connectivity index (χ4n) is 2.58. The molecule has 0 atom stereocenters. The predicted octanol–water partition coefficient (Wildman–Crippen LogP) is 2.28. The molecular weight excluding hydrogens is 300 g/mol. The Hall–Kier alpha value is -2.41. The third-order valence-corrected chi connectivity index (χ3v) is 4.30. The Morgan fingerprint density at radius 2 is 2.23 bits per heavy atom. The van der Waals surface area contributed by atoms with Gasteiger partial charge in [0.25, 0.3) is 5.91 Å². The summed E-state index contributed by atoms with van der Waals surface area (Å²) in [6, 6.07) is 5.61. The van der Waals surface area contributed by atoms with Crippen molar-refractivity contribution in [2.24, 2.45) is 0 Å². The number of nitrogen functional groups attached to an aromatic ring is 1. The first-order valence-corrected chi connectivity index (χ1v) is 7.86. The number of nitrogens with one attached hydrogen (secondary N) is 1. The molecule has 22 heavy (non-hydrogen) atoms. The summed E-state index contributed by atoms with van der Waals surface area (Å²) in [6.07, 6.45) is 1.75. The van der Waals surface area contributed by atoms with Crippen LogP contribution in [-0.2, 0) is 11.2 Å². The van der Waals surface area contributed by atoms with E-state index in [0.717, 1.165) is 24.1 Å². The van der Waals surface area contributed by atoms with Gasteiger partial charge in [-0.05, 0) is 30.5 Å². The molecule has 0 saturated heterocycles. The second-order valence-corrected chi connectivity index (χ2v) is 5.98. The van der Waals surface area contributed by atoms with Crippen LogP contribution >= 0.6 is 11.3 Å². The minimum Gasteiger partial charge on any atom is -0.398 e. The van der Waals surface area contributed by atoms with Gasteiger partial charge >= 0.3 is 0 Å². The summed E-state index contributed by atoms with van der Waals surface area (Å²) in [5.41, 5.74) is 8.92. The van der Waals surface area contributed by atoms with E-state index >= 15 is 0 Å². The molecule has 0 fully saturated rings. The molecule has 0 aliphatic carbocycles. The number of anilines is 3. The van der Waals surface area contributed by atoms with Crippen LogP contribution in [0, 0.1) is 0 Å². The molecule has 0 spiro atoms. The Bertz CT molecular complexity index is 741. The van der Waals surface area contributed by atoms with Gasteiger partial charge in [0.15, 0.2) is 5.13 Å². The third-order valence-electron chi connectivity index (χ3n) is 3.54. The minimum atomic E-state index is -0.204. The summed E-state index contributed by atoms with van der Waals surface area (Å²) in [4.78, 5) is 29.6. The van der Waals surface area contributed by atoms with Gasteiger partial charge in [0.05, 0.1) is 0 Å². The highest BCUT2D eigenvalue weighted by atomic mass is 32.1. The van der Waals surface area contributed by atoms with Crippen LogP contribution in [0.5, 0.6) is 0 Å². The van der Waals surface area contributed by atoms with E-state index in [2.05, 4.69) is 10.3 Å². The van der Waals surface area contributed by atoms with Crippen molar-refractivity contribution in [1.29, 1.82) is 0 Å². The van der Waals surface area contributed by atoms with Crippen LogP contribution in [0.1, 0.15) is 29.4 Å². The van der Waals surface area contributed by atoms with Crippen LogP contribution in [0.15, 0.2) is 23.6 Å². The molecule has 6 nitrogen and oxygen atoms in total. The van der Waals surface area contributed by atoms with E-state index < -0.39 is 0 Å². The Morgan fingerprint density at radius 1 is 1.41 bits per heavy atom. The molecule has 0 saturated carbocycles. The number of benzene rings is 1. The van der Waals surface area contributed by atoms with E-state index in [-0.39, 0.29) is 11.8 Å². The average Bonchev–Trinajstić information content (AvgIpc) is 2.94. The third kappa shape index (κ3) is 2.67. The van der Waals surface area contributed by atoms with Crippen molar-refractivity contribution in [1.82, 2.24) is 4.98 Å². The lowest BCUT2D eigenvalue weighted by atomic mass is 9.99. The number of amides is 2. The van der Waals surface area contributed by atoms with Crippen LogP contribution in [-0.4, -0.2) is 23.3 Å². The minimum absolute atomic E-state index is 0.167. The molecule has 1 aromatic carbocycles. The number of rotatable bonds is 2. The second kappa shape index (κ2) is 5.76. The second-order valence-electron chi connectivity index (χ2n) is 5.12. The number of aromatic nitrogens is 1. The molecule has 7 heteroatoms. The summed E-state index contributed by atoms with van der Waals surface area (Å²) in [5, 5.41) is 4.68. The van der Waals surface area contributed by atoms with E-state index in [1.807, 2.05) is 18.2 Å². The van der Waals surface area contributed by atoms with Gasteiger partial charge in [0, 0.05) is 30.2 Å². The largest absolute Gasteiger partial charge is 0.398 e. The highest BCUT2D eigenvalue weighted by Crippen LogP contribution is 2.32. The molecule has 1 aliphatic rings. The van der Waals surface area contributed by atoms with E-state index in [0.29, 0.717) is 23.1 Å².